The van der Waals surface area contributed by atoms with Gasteiger partial charge in [0.1, 0.15) is 5.60 Å². The second kappa shape index (κ2) is 9.32. The molecule has 9 heteroatoms. The molecule has 6 nitrogen and oxygen atoms in total. The zero-order valence-electron chi connectivity index (χ0n) is 16.2. The fourth-order valence-corrected chi connectivity index (χ4v) is 2.76. The van der Waals surface area contributed by atoms with E-state index >= 15 is 0 Å². The number of anilines is 1. The van der Waals surface area contributed by atoms with Crippen molar-refractivity contribution in [2.45, 2.75) is 58.8 Å². The van der Waals surface area contributed by atoms with Crippen molar-refractivity contribution in [3.05, 3.63) is 27.2 Å². The fourth-order valence-electron chi connectivity index (χ4n) is 1.84. The minimum atomic E-state index is -1.02. The van der Waals surface area contributed by atoms with Crippen LogP contribution in [0, 0.1) is 0 Å². The number of urea groups is 1. The first kappa shape index (κ1) is 23.8. The maximum atomic E-state index is 12.4. The van der Waals surface area contributed by atoms with Gasteiger partial charge in [0.15, 0.2) is 6.04 Å². The third-order valence-corrected chi connectivity index (χ3v) is 3.74. The van der Waals surface area contributed by atoms with Gasteiger partial charge < -0.3 is 20.1 Å². The van der Waals surface area contributed by atoms with Crippen molar-refractivity contribution in [3.63, 3.8) is 0 Å². The molecule has 0 aliphatic carbocycles. The first-order valence-corrected chi connectivity index (χ1v) is 9.40. The number of carbonyl (C=O) groups is 2. The highest BCUT2D eigenvalue weighted by Gasteiger charge is 2.29. The van der Waals surface area contributed by atoms with Crippen LogP contribution in [0.15, 0.2) is 12.1 Å². The summed E-state index contributed by atoms with van der Waals surface area (Å²) in [6.07, 6.45) is 0. The molecule has 1 aromatic rings. The molecule has 0 heterocycles. The molecule has 0 fully saturated rings. The minimum absolute atomic E-state index is 0.0616. The molecule has 2 amide bonds. The van der Waals surface area contributed by atoms with Gasteiger partial charge >= 0.3 is 12.0 Å². The molecule has 152 valence electrons. The predicted octanol–water partition coefficient (Wildman–Crippen LogP) is 5.29. The van der Waals surface area contributed by atoms with Gasteiger partial charge in [-0.2, -0.15) is 0 Å². The van der Waals surface area contributed by atoms with Crippen LogP contribution in [-0.4, -0.2) is 35.9 Å². The molecule has 27 heavy (non-hydrogen) atoms. The monoisotopic (exact) mass is 438 g/mol. The van der Waals surface area contributed by atoms with E-state index in [0.29, 0.717) is 5.02 Å². The van der Waals surface area contributed by atoms with Crippen LogP contribution < -0.4 is 10.6 Å². The van der Waals surface area contributed by atoms with E-state index in [1.54, 1.807) is 20.8 Å². The number of amides is 2. The Morgan fingerprint density at radius 2 is 1.52 bits per heavy atom. The number of ether oxygens (including phenoxy) is 2. The van der Waals surface area contributed by atoms with E-state index in [1.807, 2.05) is 20.8 Å². The zero-order valence-corrected chi connectivity index (χ0v) is 18.5. The van der Waals surface area contributed by atoms with Crippen molar-refractivity contribution in [2.24, 2.45) is 0 Å². The highest BCUT2D eigenvalue weighted by atomic mass is 35.5. The summed E-state index contributed by atoms with van der Waals surface area (Å²) in [4.78, 5) is 24.8. The molecule has 1 unspecified atom stereocenters. The average molecular weight is 440 g/mol. The number of hydrogen-bond acceptors (Lipinski definition) is 4. The van der Waals surface area contributed by atoms with Crippen molar-refractivity contribution in [1.29, 1.82) is 0 Å². The molecule has 1 aromatic carbocycles. The Balaban J connectivity index is 2.90. The van der Waals surface area contributed by atoms with Crippen molar-refractivity contribution in [2.75, 3.05) is 11.9 Å². The Morgan fingerprint density at radius 3 is 1.96 bits per heavy atom. The molecule has 0 aliphatic heterocycles. The molecule has 1 rings (SSSR count). The number of halogens is 3. The summed E-state index contributed by atoms with van der Waals surface area (Å²) in [7, 11) is 0. The van der Waals surface area contributed by atoms with E-state index in [4.69, 9.17) is 44.3 Å². The normalized spacial score (nSPS) is 13.1. The maximum Gasteiger partial charge on any atom is 0.331 e. The van der Waals surface area contributed by atoms with Gasteiger partial charge in [-0.25, -0.2) is 9.59 Å². The molecule has 0 saturated carbocycles. The van der Waals surface area contributed by atoms with Crippen LogP contribution in [0.3, 0.4) is 0 Å². The lowest BCUT2D eigenvalue weighted by atomic mass is 10.1. The summed E-state index contributed by atoms with van der Waals surface area (Å²) in [5.74, 6) is -0.616. The second-order valence-corrected chi connectivity index (χ2v) is 9.10. The molecule has 0 bridgehead atoms. The van der Waals surface area contributed by atoms with Crippen LogP contribution in [0.2, 0.25) is 15.1 Å². The predicted molar refractivity (Wildman–Crippen MR) is 109 cm³/mol. The topological polar surface area (TPSA) is 76.7 Å². The summed E-state index contributed by atoms with van der Waals surface area (Å²) in [6, 6.07) is 1.18. The standard InChI is InChI=1S/C18H25Cl3N2O4/c1-17(2,3)26-9-13(15(24)27-18(4,5)6)22-16(25)23-14-11(20)7-10(19)8-12(14)21/h7-8,13H,9H2,1-6H3,(H2,22,23,25). The highest BCUT2D eigenvalue weighted by Crippen LogP contribution is 2.33. The van der Waals surface area contributed by atoms with Crippen LogP contribution >= 0.6 is 34.8 Å². The molecule has 0 saturated heterocycles. The van der Waals surface area contributed by atoms with E-state index in [0.717, 1.165) is 0 Å². The lowest BCUT2D eigenvalue weighted by molar-refractivity contribution is -0.160. The molecule has 0 aromatic heterocycles. The quantitative estimate of drug-likeness (QED) is 0.611. The van der Waals surface area contributed by atoms with Gasteiger partial charge in [0, 0.05) is 5.02 Å². The molecular weight excluding hydrogens is 415 g/mol. The lowest BCUT2D eigenvalue weighted by Gasteiger charge is -2.27. The van der Waals surface area contributed by atoms with Gasteiger partial charge in [-0.3, -0.25) is 0 Å². The van der Waals surface area contributed by atoms with Crippen molar-refractivity contribution in [1.82, 2.24) is 5.32 Å². The maximum absolute atomic E-state index is 12.4. The van der Waals surface area contributed by atoms with Gasteiger partial charge in [-0.1, -0.05) is 34.8 Å². The number of benzene rings is 1. The van der Waals surface area contributed by atoms with E-state index < -0.39 is 29.2 Å². The minimum Gasteiger partial charge on any atom is -0.458 e. The number of rotatable bonds is 5. The first-order valence-electron chi connectivity index (χ1n) is 8.27. The summed E-state index contributed by atoms with van der Waals surface area (Å²) < 4.78 is 11.0. The zero-order chi connectivity index (χ0) is 21.0. The van der Waals surface area contributed by atoms with Crippen molar-refractivity contribution >= 4 is 52.5 Å². The summed E-state index contributed by atoms with van der Waals surface area (Å²) >= 11 is 18.0. The Kier molecular flexibility index (Phi) is 8.23. The number of carbonyl (C=O) groups excluding carboxylic acids is 2. The average Bonchev–Trinajstić information content (AvgIpc) is 2.44. The van der Waals surface area contributed by atoms with Crippen LogP contribution in [0.5, 0.6) is 0 Å². The number of esters is 1. The number of nitrogens with one attached hydrogen (secondary N) is 2. The summed E-state index contributed by atoms with van der Waals surface area (Å²) in [6.45, 7) is 10.7. The molecule has 0 spiro atoms. The van der Waals surface area contributed by atoms with Gasteiger partial charge in [-0.15, -0.1) is 0 Å². The number of hydrogen-bond donors (Lipinski definition) is 2. The van der Waals surface area contributed by atoms with Gasteiger partial charge in [-0.05, 0) is 53.7 Å². The van der Waals surface area contributed by atoms with Gasteiger partial charge in [0.05, 0.1) is 27.9 Å². The first-order chi connectivity index (χ1) is 12.2. The Hall–Kier alpha value is -1.21. The Bertz CT molecular complexity index is 674. The van der Waals surface area contributed by atoms with Gasteiger partial charge in [0.25, 0.3) is 0 Å². The van der Waals surface area contributed by atoms with Gasteiger partial charge in [0.2, 0.25) is 0 Å². The molecule has 1 atom stereocenters. The third kappa shape index (κ3) is 9.02. The van der Waals surface area contributed by atoms with Crippen LogP contribution in [0.1, 0.15) is 41.5 Å². The third-order valence-electron chi connectivity index (χ3n) is 2.93. The SMILES string of the molecule is CC(C)(C)OCC(NC(=O)Nc1c(Cl)cc(Cl)cc1Cl)C(=O)OC(C)(C)C. The molecule has 2 N–H and O–H groups in total. The molecule has 0 radical (unpaired) electrons. The van der Waals surface area contributed by atoms with E-state index in [2.05, 4.69) is 10.6 Å². The lowest BCUT2D eigenvalue weighted by Crippen LogP contribution is -2.49. The van der Waals surface area contributed by atoms with Crippen LogP contribution in [0.4, 0.5) is 10.5 Å². The van der Waals surface area contributed by atoms with E-state index in [9.17, 15) is 9.59 Å². The summed E-state index contributed by atoms with van der Waals surface area (Å²) in [5.41, 5.74) is -1.03. The summed E-state index contributed by atoms with van der Waals surface area (Å²) in [5, 5.41) is 5.72. The largest absolute Gasteiger partial charge is 0.458 e. The molecular formula is C18H25Cl3N2O4. The Labute approximate surface area is 174 Å². The fraction of sp³-hybridized carbons (Fsp3) is 0.556. The molecule has 0 aliphatic rings. The van der Waals surface area contributed by atoms with Crippen LogP contribution in [0.25, 0.3) is 0 Å². The van der Waals surface area contributed by atoms with Crippen molar-refractivity contribution in [3.8, 4) is 0 Å². The smallest absolute Gasteiger partial charge is 0.331 e. The van der Waals surface area contributed by atoms with Crippen LogP contribution in [-0.2, 0) is 14.3 Å². The Morgan fingerprint density at radius 1 is 1.00 bits per heavy atom. The highest BCUT2D eigenvalue weighted by molar-refractivity contribution is 6.42. The van der Waals surface area contributed by atoms with E-state index in [-0.39, 0.29) is 22.3 Å². The second-order valence-electron chi connectivity index (χ2n) is 7.85. The van der Waals surface area contributed by atoms with E-state index in [1.165, 1.54) is 12.1 Å². The van der Waals surface area contributed by atoms with Crippen molar-refractivity contribution < 1.29 is 19.1 Å².